The van der Waals surface area contributed by atoms with Crippen molar-refractivity contribution in [2.75, 3.05) is 0 Å². The monoisotopic (exact) mass is 860 g/mol. The van der Waals surface area contributed by atoms with Crippen molar-refractivity contribution in [3.05, 3.63) is 216 Å². The summed E-state index contributed by atoms with van der Waals surface area (Å²) in [4.78, 5) is 0. The molecule has 0 unspecified atom stereocenters. The number of aryl methyl sites for hydroxylation is 1. The molecule has 13 rings (SSSR count). The SMILES string of the molecule is Cc1ccc(-c2c3ccc(-c4ccc5c(c4)C(C)(C)c4ccccc4-5)cc3c(-c3ccccc3)c3cc4c(cc23)-c2ccc(-c3ccc5c(c3)C(C)(C)c3ccccc3-5)cc2[Si]4(C)C)cc1. The van der Waals surface area contributed by atoms with Crippen molar-refractivity contribution in [3.63, 3.8) is 0 Å². The Morgan fingerprint density at radius 2 is 0.727 bits per heavy atom. The molecule has 66 heavy (non-hydrogen) atoms. The highest BCUT2D eigenvalue weighted by molar-refractivity contribution is 7.04. The van der Waals surface area contributed by atoms with Gasteiger partial charge in [-0.15, -0.1) is 0 Å². The van der Waals surface area contributed by atoms with Gasteiger partial charge in [0, 0.05) is 10.8 Å². The number of hydrogen-bond acceptors (Lipinski definition) is 0. The van der Waals surface area contributed by atoms with E-state index in [1.165, 1.54) is 138 Å². The quantitative estimate of drug-likeness (QED) is 0.122. The molecule has 0 aromatic heterocycles. The summed E-state index contributed by atoms with van der Waals surface area (Å²) in [6.07, 6.45) is 0. The zero-order chi connectivity index (χ0) is 44.9. The van der Waals surface area contributed by atoms with Crippen molar-refractivity contribution in [2.24, 2.45) is 0 Å². The van der Waals surface area contributed by atoms with Gasteiger partial charge < -0.3 is 0 Å². The van der Waals surface area contributed by atoms with Crippen LogP contribution in [0.15, 0.2) is 188 Å². The predicted octanol–water partition coefficient (Wildman–Crippen LogP) is 16.4. The van der Waals surface area contributed by atoms with Gasteiger partial charge in [-0.05, 0) is 163 Å². The van der Waals surface area contributed by atoms with Gasteiger partial charge in [0.05, 0.1) is 0 Å². The van der Waals surface area contributed by atoms with E-state index in [-0.39, 0.29) is 10.8 Å². The summed E-state index contributed by atoms with van der Waals surface area (Å²) in [5.41, 5.74) is 25.3. The van der Waals surface area contributed by atoms with E-state index in [0.717, 1.165) is 0 Å². The number of fused-ring (bicyclic) bond motifs is 11. The van der Waals surface area contributed by atoms with Gasteiger partial charge in [0.25, 0.3) is 0 Å². The van der Waals surface area contributed by atoms with Crippen LogP contribution in [0.1, 0.15) is 55.5 Å². The van der Waals surface area contributed by atoms with E-state index in [2.05, 4.69) is 236 Å². The fraction of sp³-hybridized carbons (Fsp3) is 0.138. The zero-order valence-corrected chi connectivity index (χ0v) is 39.9. The van der Waals surface area contributed by atoms with Gasteiger partial charge in [0.1, 0.15) is 8.07 Å². The standard InChI is InChI=1S/C65H52Si/c1-39-21-23-41(24-22-39)62-51-32-28-42(43-25-29-48-46-17-11-13-19-56(46)64(2,3)58(48)34-43)33-53(51)63(40-15-9-8-10-16-40)55-38-61-52(37-54(55)62)50-31-27-45(36-60(50)66(61,6)7)44-26-30-49-47-18-12-14-20-57(47)65(4,5)59(49)35-44/h8-38H,1-7H3. The molecule has 0 saturated carbocycles. The second-order valence-electron chi connectivity index (χ2n) is 20.9. The van der Waals surface area contributed by atoms with Crippen molar-refractivity contribution in [1.82, 2.24) is 0 Å². The molecule has 0 bridgehead atoms. The largest absolute Gasteiger partial charge is 0.113 e. The third-order valence-corrected chi connectivity index (χ3v) is 19.7. The average Bonchev–Trinajstić information content (AvgIpc) is 3.81. The lowest BCUT2D eigenvalue weighted by Crippen LogP contribution is -2.49. The Morgan fingerprint density at radius 3 is 1.35 bits per heavy atom. The van der Waals surface area contributed by atoms with Crippen molar-refractivity contribution >= 4 is 40.0 Å². The van der Waals surface area contributed by atoms with E-state index in [9.17, 15) is 0 Å². The van der Waals surface area contributed by atoms with Crippen molar-refractivity contribution < 1.29 is 0 Å². The first-order valence-electron chi connectivity index (χ1n) is 23.7. The third kappa shape index (κ3) is 5.44. The van der Waals surface area contributed by atoms with Gasteiger partial charge in [0.2, 0.25) is 0 Å². The van der Waals surface area contributed by atoms with Gasteiger partial charge in [0.15, 0.2) is 0 Å². The Hall–Kier alpha value is -7.06. The lowest BCUT2D eigenvalue weighted by atomic mass is 9.81. The van der Waals surface area contributed by atoms with Gasteiger partial charge in [-0.1, -0.05) is 210 Å². The van der Waals surface area contributed by atoms with Gasteiger partial charge >= 0.3 is 0 Å². The molecular weight excluding hydrogens is 809 g/mol. The molecule has 0 spiro atoms. The van der Waals surface area contributed by atoms with Crippen molar-refractivity contribution in [1.29, 1.82) is 0 Å². The molecule has 316 valence electrons. The molecule has 0 amide bonds. The fourth-order valence-electron chi connectivity index (χ4n) is 12.5. The maximum Gasteiger partial charge on any atom is 0.113 e. The molecule has 0 atom stereocenters. The summed E-state index contributed by atoms with van der Waals surface area (Å²) in [7, 11) is -2.17. The minimum atomic E-state index is -2.17. The molecule has 0 N–H and O–H groups in total. The van der Waals surface area contributed by atoms with Gasteiger partial charge in [-0.2, -0.15) is 0 Å². The molecule has 1 heterocycles. The Bertz CT molecular complexity index is 3710. The maximum absolute atomic E-state index is 2.63. The predicted molar refractivity (Wildman–Crippen MR) is 285 cm³/mol. The van der Waals surface area contributed by atoms with Crippen LogP contribution in [0.2, 0.25) is 13.1 Å². The van der Waals surface area contributed by atoms with E-state index in [1.54, 1.807) is 0 Å². The molecule has 1 heteroatoms. The summed E-state index contributed by atoms with van der Waals surface area (Å²) in [5, 5.41) is 8.28. The summed E-state index contributed by atoms with van der Waals surface area (Å²) < 4.78 is 0. The molecule has 0 radical (unpaired) electrons. The zero-order valence-electron chi connectivity index (χ0n) is 38.9. The Balaban J connectivity index is 1.03. The smallest absolute Gasteiger partial charge is 0.0622 e. The number of hydrogen-bond donors (Lipinski definition) is 0. The summed E-state index contributed by atoms with van der Waals surface area (Å²) in [5.74, 6) is 0. The number of rotatable bonds is 4. The molecule has 10 aromatic rings. The highest BCUT2D eigenvalue weighted by Crippen LogP contribution is 2.52. The lowest BCUT2D eigenvalue weighted by molar-refractivity contribution is 0.660. The molecular formula is C65H52Si. The molecule has 1 aliphatic heterocycles. The Labute approximate surface area is 390 Å². The average molecular weight is 861 g/mol. The minimum absolute atomic E-state index is 0.0381. The summed E-state index contributed by atoms with van der Waals surface area (Å²) in [6, 6.07) is 72.6. The summed E-state index contributed by atoms with van der Waals surface area (Å²) >= 11 is 0. The lowest BCUT2D eigenvalue weighted by Gasteiger charge is -2.23. The molecule has 2 aliphatic carbocycles. The van der Waals surface area contributed by atoms with E-state index >= 15 is 0 Å². The topological polar surface area (TPSA) is 0 Å². The van der Waals surface area contributed by atoms with E-state index in [0.29, 0.717) is 0 Å². The Morgan fingerprint density at radius 1 is 0.303 bits per heavy atom. The van der Waals surface area contributed by atoms with E-state index in [1.807, 2.05) is 0 Å². The van der Waals surface area contributed by atoms with Crippen molar-refractivity contribution in [2.45, 2.75) is 58.5 Å². The van der Waals surface area contributed by atoms with E-state index < -0.39 is 8.07 Å². The van der Waals surface area contributed by atoms with Crippen LogP contribution in [-0.4, -0.2) is 8.07 Å². The van der Waals surface area contributed by atoms with Crippen LogP contribution in [0.4, 0.5) is 0 Å². The van der Waals surface area contributed by atoms with Crippen LogP contribution >= 0.6 is 0 Å². The molecule has 0 fully saturated rings. The molecule has 0 saturated heterocycles. The van der Waals surface area contributed by atoms with Gasteiger partial charge in [-0.3, -0.25) is 0 Å². The maximum atomic E-state index is 2.63. The minimum Gasteiger partial charge on any atom is -0.0622 e. The number of benzene rings is 10. The van der Waals surface area contributed by atoms with Crippen LogP contribution in [0.5, 0.6) is 0 Å². The fourth-order valence-corrected chi connectivity index (χ4v) is 15.6. The van der Waals surface area contributed by atoms with Crippen LogP contribution in [0.3, 0.4) is 0 Å². The molecule has 10 aromatic carbocycles. The van der Waals surface area contributed by atoms with Gasteiger partial charge in [-0.25, -0.2) is 0 Å². The van der Waals surface area contributed by atoms with Crippen LogP contribution in [-0.2, 0) is 10.8 Å². The highest BCUT2D eigenvalue weighted by atomic mass is 28.3. The van der Waals surface area contributed by atoms with Crippen LogP contribution < -0.4 is 10.4 Å². The molecule has 0 nitrogen and oxygen atoms in total. The second kappa shape index (κ2) is 13.7. The Kier molecular flexibility index (Phi) is 8.18. The van der Waals surface area contributed by atoms with E-state index in [4.69, 9.17) is 0 Å². The van der Waals surface area contributed by atoms with Crippen LogP contribution in [0.25, 0.3) is 99.4 Å². The second-order valence-corrected chi connectivity index (χ2v) is 25.3. The first-order chi connectivity index (χ1) is 31.9. The normalized spacial score (nSPS) is 15.3. The summed E-state index contributed by atoms with van der Waals surface area (Å²) in [6.45, 7) is 16.9. The van der Waals surface area contributed by atoms with Crippen LogP contribution in [0, 0.1) is 6.92 Å². The first-order valence-corrected chi connectivity index (χ1v) is 26.7. The first kappa shape index (κ1) is 39.3. The third-order valence-electron chi connectivity index (χ3n) is 16.1. The molecule has 3 aliphatic rings. The highest BCUT2D eigenvalue weighted by Gasteiger charge is 2.40. The van der Waals surface area contributed by atoms with Crippen molar-refractivity contribution in [3.8, 4) is 77.9 Å².